The predicted molar refractivity (Wildman–Crippen MR) is 76.8 cm³/mol. The van der Waals surface area contributed by atoms with Gasteiger partial charge in [0.25, 0.3) is 0 Å². The molecule has 0 aliphatic carbocycles. The van der Waals surface area contributed by atoms with E-state index in [4.69, 9.17) is 26.2 Å². The first-order valence-corrected chi connectivity index (χ1v) is 7.05. The molecule has 20 heavy (non-hydrogen) atoms. The lowest BCUT2D eigenvalue weighted by Gasteiger charge is -2.24. The number of aryl methyl sites for hydroxylation is 1. The number of carboxylic acid groups (broad SMARTS) is 1. The second kappa shape index (κ2) is 5.92. The normalized spacial score (nSPS) is 14.2. The maximum atomic E-state index is 10.8. The van der Waals surface area contributed by atoms with E-state index in [0.717, 1.165) is 18.4 Å². The van der Waals surface area contributed by atoms with Crippen LogP contribution >= 0.6 is 11.6 Å². The van der Waals surface area contributed by atoms with E-state index in [2.05, 4.69) is 0 Å². The van der Waals surface area contributed by atoms with Crippen LogP contribution in [0.25, 0.3) is 0 Å². The van der Waals surface area contributed by atoms with Crippen LogP contribution in [-0.2, 0) is 11.2 Å². The molecule has 0 aromatic heterocycles. The van der Waals surface area contributed by atoms with Crippen LogP contribution in [0.5, 0.6) is 11.5 Å². The zero-order chi connectivity index (χ0) is 14.8. The molecule has 1 aromatic carbocycles. The summed E-state index contributed by atoms with van der Waals surface area (Å²) >= 11 is 6.24. The number of carboxylic acids is 1. The summed E-state index contributed by atoms with van der Waals surface area (Å²) < 4.78 is 11.0. The predicted octanol–water partition coefficient (Wildman–Crippen LogP) is 3.54. The highest BCUT2D eigenvalue weighted by molar-refractivity contribution is 6.31. The van der Waals surface area contributed by atoms with Crippen molar-refractivity contribution >= 4 is 17.6 Å². The van der Waals surface area contributed by atoms with Crippen molar-refractivity contribution in [3.05, 3.63) is 22.7 Å². The van der Waals surface area contributed by atoms with Crippen molar-refractivity contribution in [2.45, 2.75) is 33.1 Å². The third-order valence-corrected chi connectivity index (χ3v) is 3.76. The summed E-state index contributed by atoms with van der Waals surface area (Å²) in [4.78, 5) is 10.8. The SMILES string of the molecule is CC(C)(CCc1cc2c(cc1Cl)OCCO2)CC(=O)O. The fourth-order valence-electron chi connectivity index (χ4n) is 2.27. The van der Waals surface area contributed by atoms with Gasteiger partial charge >= 0.3 is 5.97 Å². The largest absolute Gasteiger partial charge is 0.486 e. The Bertz CT molecular complexity index is 511. The van der Waals surface area contributed by atoms with Crippen LogP contribution in [0.15, 0.2) is 12.1 Å². The van der Waals surface area contributed by atoms with Gasteiger partial charge in [-0.2, -0.15) is 0 Å². The molecule has 1 aliphatic heterocycles. The molecule has 1 aromatic rings. The highest BCUT2D eigenvalue weighted by Gasteiger charge is 2.23. The monoisotopic (exact) mass is 298 g/mol. The third-order valence-electron chi connectivity index (χ3n) is 3.41. The van der Waals surface area contributed by atoms with Gasteiger partial charge in [-0.3, -0.25) is 4.79 Å². The fraction of sp³-hybridized carbons (Fsp3) is 0.533. The van der Waals surface area contributed by atoms with Gasteiger partial charge in [0.05, 0.1) is 6.42 Å². The Hall–Kier alpha value is -1.42. The minimum atomic E-state index is -0.775. The fourth-order valence-corrected chi connectivity index (χ4v) is 2.52. The Balaban J connectivity index is 2.08. The number of hydrogen-bond donors (Lipinski definition) is 1. The van der Waals surface area contributed by atoms with Gasteiger partial charge in [0.1, 0.15) is 13.2 Å². The molecule has 0 saturated heterocycles. The van der Waals surface area contributed by atoms with Crippen molar-refractivity contribution in [3.8, 4) is 11.5 Å². The number of hydrogen-bond acceptors (Lipinski definition) is 3. The molecule has 0 unspecified atom stereocenters. The summed E-state index contributed by atoms with van der Waals surface area (Å²) in [7, 11) is 0. The molecule has 5 heteroatoms. The molecule has 1 aliphatic rings. The Kier molecular flexibility index (Phi) is 4.43. The number of fused-ring (bicyclic) bond motifs is 1. The molecule has 0 spiro atoms. The zero-order valence-electron chi connectivity index (χ0n) is 11.7. The van der Waals surface area contributed by atoms with Crippen molar-refractivity contribution < 1.29 is 19.4 Å². The molecule has 0 radical (unpaired) electrons. The number of halogens is 1. The van der Waals surface area contributed by atoms with E-state index in [0.29, 0.717) is 29.7 Å². The van der Waals surface area contributed by atoms with Crippen molar-refractivity contribution in [2.24, 2.45) is 5.41 Å². The maximum absolute atomic E-state index is 10.8. The standard InChI is InChI=1S/C15H19ClO4/c1-15(2,9-14(17)18)4-3-10-7-12-13(8-11(10)16)20-6-5-19-12/h7-8H,3-6,9H2,1-2H3,(H,17,18). The van der Waals surface area contributed by atoms with Crippen LogP contribution in [0.1, 0.15) is 32.3 Å². The van der Waals surface area contributed by atoms with E-state index < -0.39 is 5.97 Å². The van der Waals surface area contributed by atoms with Crippen LogP contribution in [0.2, 0.25) is 5.02 Å². The molecule has 1 heterocycles. The van der Waals surface area contributed by atoms with Crippen molar-refractivity contribution in [3.63, 3.8) is 0 Å². The van der Waals surface area contributed by atoms with Gasteiger partial charge in [-0.25, -0.2) is 0 Å². The molecular formula is C15H19ClO4. The van der Waals surface area contributed by atoms with Gasteiger partial charge in [0.2, 0.25) is 0 Å². The summed E-state index contributed by atoms with van der Waals surface area (Å²) in [5, 5.41) is 9.54. The van der Waals surface area contributed by atoms with Crippen LogP contribution in [-0.4, -0.2) is 24.3 Å². The van der Waals surface area contributed by atoms with Crippen molar-refractivity contribution in [1.29, 1.82) is 0 Å². The molecule has 0 atom stereocenters. The summed E-state index contributed by atoms with van der Waals surface area (Å²) in [6.07, 6.45) is 1.61. The van der Waals surface area contributed by atoms with Crippen molar-refractivity contribution in [1.82, 2.24) is 0 Å². The topological polar surface area (TPSA) is 55.8 Å². The molecule has 0 fully saturated rings. The Labute approximate surface area is 123 Å². The van der Waals surface area contributed by atoms with Gasteiger partial charge in [0.15, 0.2) is 11.5 Å². The summed E-state index contributed by atoms with van der Waals surface area (Å²) in [5.74, 6) is 0.616. The lowest BCUT2D eigenvalue weighted by molar-refractivity contribution is -0.139. The second-order valence-electron chi connectivity index (χ2n) is 5.82. The number of rotatable bonds is 5. The minimum absolute atomic E-state index is 0.148. The number of aliphatic carboxylic acids is 1. The van der Waals surface area contributed by atoms with Crippen LogP contribution in [0.4, 0.5) is 0 Å². The first-order valence-electron chi connectivity index (χ1n) is 6.67. The van der Waals surface area contributed by atoms with Gasteiger partial charge in [-0.1, -0.05) is 25.4 Å². The smallest absolute Gasteiger partial charge is 0.303 e. The maximum Gasteiger partial charge on any atom is 0.303 e. The molecule has 110 valence electrons. The zero-order valence-corrected chi connectivity index (χ0v) is 12.5. The van der Waals surface area contributed by atoms with E-state index >= 15 is 0 Å². The van der Waals surface area contributed by atoms with E-state index in [9.17, 15) is 4.79 Å². The number of carbonyl (C=O) groups is 1. The first kappa shape index (κ1) is 15.0. The summed E-state index contributed by atoms with van der Waals surface area (Å²) in [5.41, 5.74) is 0.706. The summed E-state index contributed by atoms with van der Waals surface area (Å²) in [6.45, 7) is 4.98. The van der Waals surface area contributed by atoms with Crippen molar-refractivity contribution in [2.75, 3.05) is 13.2 Å². The molecule has 0 amide bonds. The quantitative estimate of drug-likeness (QED) is 0.903. The highest BCUT2D eigenvalue weighted by Crippen LogP contribution is 2.37. The van der Waals surface area contributed by atoms with Gasteiger partial charge in [0, 0.05) is 11.1 Å². The number of benzene rings is 1. The molecule has 1 N–H and O–H groups in total. The minimum Gasteiger partial charge on any atom is -0.486 e. The van der Waals surface area contributed by atoms with Gasteiger partial charge in [-0.15, -0.1) is 0 Å². The Morgan fingerprint density at radius 1 is 1.30 bits per heavy atom. The number of ether oxygens (including phenoxy) is 2. The average Bonchev–Trinajstić information content (AvgIpc) is 2.34. The average molecular weight is 299 g/mol. The Morgan fingerprint density at radius 2 is 1.90 bits per heavy atom. The molecule has 0 bridgehead atoms. The van der Waals surface area contributed by atoms with E-state index in [1.165, 1.54) is 0 Å². The van der Waals surface area contributed by atoms with E-state index in [1.54, 1.807) is 6.07 Å². The van der Waals surface area contributed by atoms with Gasteiger partial charge < -0.3 is 14.6 Å². The van der Waals surface area contributed by atoms with Crippen LogP contribution < -0.4 is 9.47 Å². The lowest BCUT2D eigenvalue weighted by Crippen LogP contribution is -2.18. The summed E-state index contributed by atoms with van der Waals surface area (Å²) in [6, 6.07) is 3.67. The molecule has 4 nitrogen and oxygen atoms in total. The van der Waals surface area contributed by atoms with E-state index in [-0.39, 0.29) is 11.8 Å². The van der Waals surface area contributed by atoms with E-state index in [1.807, 2.05) is 19.9 Å². The first-order chi connectivity index (χ1) is 9.37. The lowest BCUT2D eigenvalue weighted by atomic mass is 9.83. The van der Waals surface area contributed by atoms with Crippen LogP contribution in [0, 0.1) is 5.41 Å². The highest BCUT2D eigenvalue weighted by atomic mass is 35.5. The molecular weight excluding hydrogens is 280 g/mol. The Morgan fingerprint density at radius 3 is 2.50 bits per heavy atom. The van der Waals surface area contributed by atoms with Gasteiger partial charge in [-0.05, 0) is 29.9 Å². The molecule has 2 rings (SSSR count). The van der Waals surface area contributed by atoms with Crippen LogP contribution in [0.3, 0.4) is 0 Å². The second-order valence-corrected chi connectivity index (χ2v) is 6.23. The third kappa shape index (κ3) is 3.79. The molecule has 0 saturated carbocycles.